The van der Waals surface area contributed by atoms with Gasteiger partial charge in [0.05, 0.1) is 5.57 Å². The molecule has 7 N–H and O–H groups in total. The zero-order valence-electron chi connectivity index (χ0n) is 19.7. The molecule has 4 aromatic rings. The number of para-hydroxylation sites is 2. The number of aliphatic imine (C=N–C) groups is 1. The van der Waals surface area contributed by atoms with Gasteiger partial charge in [-0.2, -0.15) is 10.1 Å². The van der Waals surface area contributed by atoms with E-state index in [1.165, 1.54) is 0 Å². The third-order valence-electron chi connectivity index (χ3n) is 5.78. The van der Waals surface area contributed by atoms with Crippen LogP contribution >= 0.6 is 11.6 Å². The molecule has 37 heavy (non-hydrogen) atoms. The molecule has 0 saturated heterocycles. The van der Waals surface area contributed by atoms with Crippen molar-refractivity contribution < 1.29 is 9.21 Å². The van der Waals surface area contributed by atoms with Gasteiger partial charge in [0.15, 0.2) is 5.58 Å². The number of halogens is 1. The van der Waals surface area contributed by atoms with Gasteiger partial charge in [-0.05, 0) is 49.4 Å². The Morgan fingerprint density at radius 3 is 2.54 bits per heavy atom. The SMILES string of the molecule is CC1=C(C(=O)Nc2ccc(C(N)=NN)cc2)C(c2ccccc2Cl)N=C(Nc2nc3ccccc3o2)N1. The van der Waals surface area contributed by atoms with Gasteiger partial charge in [0.1, 0.15) is 17.4 Å². The Morgan fingerprint density at radius 2 is 1.81 bits per heavy atom. The van der Waals surface area contributed by atoms with Crippen LogP contribution < -0.4 is 27.5 Å². The van der Waals surface area contributed by atoms with Crippen LogP contribution in [0.25, 0.3) is 11.1 Å². The number of nitrogens with zero attached hydrogens (tertiary/aromatic N) is 3. The van der Waals surface area contributed by atoms with Crippen LogP contribution in [0.4, 0.5) is 11.7 Å². The first-order valence-electron chi connectivity index (χ1n) is 11.3. The molecular formula is C26H23ClN8O2. The Labute approximate surface area is 217 Å². The molecule has 1 aliphatic heterocycles. The predicted octanol–water partition coefficient (Wildman–Crippen LogP) is 4.09. The lowest BCUT2D eigenvalue weighted by molar-refractivity contribution is -0.113. The van der Waals surface area contributed by atoms with Crippen LogP contribution in [-0.4, -0.2) is 22.7 Å². The van der Waals surface area contributed by atoms with Crippen molar-refractivity contribution in [1.29, 1.82) is 0 Å². The van der Waals surface area contributed by atoms with Gasteiger partial charge in [-0.3, -0.25) is 10.1 Å². The van der Waals surface area contributed by atoms with Crippen molar-refractivity contribution in [1.82, 2.24) is 10.3 Å². The number of aromatic nitrogens is 1. The summed E-state index contributed by atoms with van der Waals surface area (Å²) in [6.07, 6.45) is 0. The lowest BCUT2D eigenvalue weighted by Gasteiger charge is -2.27. The van der Waals surface area contributed by atoms with Crippen LogP contribution in [0.5, 0.6) is 0 Å². The van der Waals surface area contributed by atoms with Crippen molar-refractivity contribution in [2.45, 2.75) is 13.0 Å². The van der Waals surface area contributed by atoms with Gasteiger partial charge < -0.3 is 26.6 Å². The number of guanidine groups is 1. The second-order valence-corrected chi connectivity index (χ2v) is 8.63. The van der Waals surface area contributed by atoms with Crippen molar-refractivity contribution in [3.8, 4) is 0 Å². The number of hydrazone groups is 1. The summed E-state index contributed by atoms with van der Waals surface area (Å²) in [6, 6.07) is 21.1. The summed E-state index contributed by atoms with van der Waals surface area (Å²) >= 11 is 6.53. The van der Waals surface area contributed by atoms with Gasteiger partial charge in [-0.25, -0.2) is 4.99 Å². The van der Waals surface area contributed by atoms with Gasteiger partial charge in [-0.1, -0.05) is 41.9 Å². The monoisotopic (exact) mass is 514 g/mol. The normalized spacial score (nSPS) is 15.8. The molecule has 1 atom stereocenters. The average Bonchev–Trinajstić information content (AvgIpc) is 3.30. The summed E-state index contributed by atoms with van der Waals surface area (Å²) in [5, 5.41) is 13.1. The number of hydrogen-bond donors (Lipinski definition) is 5. The Hall–Kier alpha value is -4.83. The number of anilines is 2. The summed E-state index contributed by atoms with van der Waals surface area (Å²) in [4.78, 5) is 22.7. The van der Waals surface area contributed by atoms with Gasteiger partial charge in [-0.15, -0.1) is 0 Å². The predicted molar refractivity (Wildman–Crippen MR) is 145 cm³/mol. The van der Waals surface area contributed by atoms with Crippen molar-refractivity contribution in [2.75, 3.05) is 10.6 Å². The number of amides is 1. The number of benzene rings is 3. The van der Waals surface area contributed by atoms with Crippen molar-refractivity contribution in [2.24, 2.45) is 21.7 Å². The van der Waals surface area contributed by atoms with Gasteiger partial charge in [0.25, 0.3) is 5.91 Å². The first-order valence-corrected chi connectivity index (χ1v) is 11.7. The largest absolute Gasteiger partial charge is 0.423 e. The minimum absolute atomic E-state index is 0.194. The van der Waals surface area contributed by atoms with Crippen molar-refractivity contribution >= 4 is 52.1 Å². The standard InChI is InChI=1S/C26H23ClN8O2/c1-14-21(24(36)31-16-12-10-15(11-13-16)23(28)35-29)22(17-6-2-3-7-18(17)27)33-25(30-14)34-26-32-19-8-4-5-9-20(19)37-26/h2-13,22H,29H2,1H3,(H2,28,35)(H,31,36)(H2,30,32,33,34). The maximum atomic E-state index is 13.5. The van der Waals surface area contributed by atoms with E-state index in [0.717, 1.165) is 0 Å². The van der Waals surface area contributed by atoms with E-state index in [0.29, 0.717) is 50.2 Å². The van der Waals surface area contributed by atoms with E-state index in [-0.39, 0.29) is 17.8 Å². The highest BCUT2D eigenvalue weighted by atomic mass is 35.5. The summed E-state index contributed by atoms with van der Waals surface area (Å²) in [7, 11) is 0. The first-order chi connectivity index (χ1) is 17.9. The van der Waals surface area contributed by atoms with E-state index in [1.54, 1.807) is 37.3 Å². The van der Waals surface area contributed by atoms with E-state index in [1.807, 2.05) is 42.5 Å². The fourth-order valence-corrected chi connectivity index (χ4v) is 4.22. The third kappa shape index (κ3) is 4.95. The summed E-state index contributed by atoms with van der Waals surface area (Å²) < 4.78 is 5.77. The Kier molecular flexibility index (Phi) is 6.48. The Balaban J connectivity index is 1.45. The van der Waals surface area contributed by atoms with Crippen LogP contribution in [0.3, 0.4) is 0 Å². The molecule has 2 heterocycles. The number of oxazole rings is 1. The molecule has 10 nitrogen and oxygen atoms in total. The Bertz CT molecular complexity index is 1540. The van der Waals surface area contributed by atoms with Crippen molar-refractivity contribution in [3.63, 3.8) is 0 Å². The van der Waals surface area contributed by atoms with E-state index < -0.39 is 6.04 Å². The highest BCUT2D eigenvalue weighted by molar-refractivity contribution is 6.31. The molecule has 0 fully saturated rings. The molecule has 1 unspecified atom stereocenters. The number of amidine groups is 1. The maximum Gasteiger partial charge on any atom is 0.302 e. The molecule has 1 aromatic heterocycles. The van der Waals surface area contributed by atoms with Crippen LogP contribution in [0.2, 0.25) is 5.02 Å². The smallest absolute Gasteiger partial charge is 0.302 e. The molecule has 0 bridgehead atoms. The van der Waals surface area contributed by atoms with Gasteiger partial charge >= 0.3 is 6.01 Å². The number of nitrogens with one attached hydrogen (secondary N) is 3. The van der Waals surface area contributed by atoms with Crippen LogP contribution in [0.1, 0.15) is 24.1 Å². The molecular weight excluding hydrogens is 492 g/mol. The van der Waals surface area contributed by atoms with Gasteiger partial charge in [0, 0.05) is 27.5 Å². The number of carbonyl (C=O) groups is 1. The lowest BCUT2D eigenvalue weighted by Crippen LogP contribution is -2.37. The molecule has 0 radical (unpaired) electrons. The molecule has 0 aliphatic carbocycles. The molecule has 5 rings (SSSR count). The molecule has 3 aromatic carbocycles. The highest BCUT2D eigenvalue weighted by Gasteiger charge is 2.31. The quantitative estimate of drug-likeness (QED) is 0.116. The number of nitrogens with two attached hydrogens (primary N) is 2. The number of hydrogen-bond acceptors (Lipinski definition) is 8. The second-order valence-electron chi connectivity index (χ2n) is 8.22. The second kappa shape index (κ2) is 10.0. The van der Waals surface area contributed by atoms with Gasteiger partial charge in [0.2, 0.25) is 5.96 Å². The molecule has 0 spiro atoms. The van der Waals surface area contributed by atoms with E-state index in [4.69, 9.17) is 32.6 Å². The summed E-state index contributed by atoms with van der Waals surface area (Å²) in [6.45, 7) is 1.79. The van der Waals surface area contributed by atoms with E-state index in [2.05, 4.69) is 26.0 Å². The molecule has 186 valence electrons. The molecule has 1 amide bonds. The molecule has 11 heteroatoms. The number of allylic oxidation sites excluding steroid dienone is 1. The van der Waals surface area contributed by atoms with E-state index >= 15 is 0 Å². The van der Waals surface area contributed by atoms with Crippen LogP contribution in [-0.2, 0) is 4.79 Å². The van der Waals surface area contributed by atoms with Crippen LogP contribution in [0.15, 0.2) is 98.6 Å². The number of fused-ring (bicyclic) bond motifs is 1. The average molecular weight is 515 g/mol. The molecule has 1 aliphatic rings. The zero-order valence-corrected chi connectivity index (χ0v) is 20.5. The van der Waals surface area contributed by atoms with E-state index in [9.17, 15) is 4.79 Å². The number of rotatable bonds is 5. The molecule has 0 saturated carbocycles. The Morgan fingerprint density at radius 1 is 1.08 bits per heavy atom. The fourth-order valence-electron chi connectivity index (χ4n) is 3.98. The maximum absolute atomic E-state index is 13.5. The number of carbonyl (C=O) groups excluding carboxylic acids is 1. The third-order valence-corrected chi connectivity index (χ3v) is 6.13. The van der Waals surface area contributed by atoms with Crippen molar-refractivity contribution in [3.05, 3.63) is 100 Å². The lowest BCUT2D eigenvalue weighted by atomic mass is 9.95. The fraction of sp³-hybridized carbons (Fsp3) is 0.0769. The summed E-state index contributed by atoms with van der Waals surface area (Å²) in [5.74, 6) is 5.46. The minimum Gasteiger partial charge on any atom is -0.423 e. The summed E-state index contributed by atoms with van der Waals surface area (Å²) in [5.41, 5.74) is 9.98. The first kappa shape index (κ1) is 23.9. The minimum atomic E-state index is -0.693. The van der Waals surface area contributed by atoms with Crippen LogP contribution in [0, 0.1) is 0 Å². The highest BCUT2D eigenvalue weighted by Crippen LogP contribution is 2.35. The zero-order chi connectivity index (χ0) is 25.9. The topological polar surface area (TPSA) is 156 Å².